The Morgan fingerprint density at radius 2 is 2.16 bits per heavy atom. The zero-order valence-corrected chi connectivity index (χ0v) is 12.0. The third-order valence-corrected chi connectivity index (χ3v) is 2.88. The Kier molecular flexibility index (Phi) is 6.19. The van der Waals surface area contributed by atoms with E-state index in [1.54, 1.807) is 13.0 Å². The number of rotatable bonds is 7. The zero-order chi connectivity index (χ0) is 14.3. The molecular weight excluding hydrogens is 240 g/mol. The van der Waals surface area contributed by atoms with Gasteiger partial charge in [0, 0.05) is 6.54 Å². The number of nitrogens with two attached hydrogens (primary N) is 1. The molecule has 0 unspecified atom stereocenters. The van der Waals surface area contributed by atoms with Crippen molar-refractivity contribution in [3.8, 4) is 0 Å². The minimum atomic E-state index is -0.370. The first-order valence-corrected chi connectivity index (χ1v) is 6.85. The first-order valence-electron chi connectivity index (χ1n) is 6.85. The van der Waals surface area contributed by atoms with Crippen LogP contribution in [0, 0.1) is 5.92 Å². The highest BCUT2D eigenvalue weighted by Crippen LogP contribution is 2.23. The van der Waals surface area contributed by atoms with Gasteiger partial charge in [-0.2, -0.15) is 0 Å². The monoisotopic (exact) mass is 264 g/mol. The third kappa shape index (κ3) is 4.81. The van der Waals surface area contributed by atoms with Gasteiger partial charge in [0.25, 0.3) is 0 Å². The van der Waals surface area contributed by atoms with Gasteiger partial charge in [-0.25, -0.2) is 4.79 Å². The Bertz CT molecular complexity index is 417. The van der Waals surface area contributed by atoms with Gasteiger partial charge in [0.05, 0.1) is 23.5 Å². The first kappa shape index (κ1) is 15.3. The third-order valence-electron chi connectivity index (χ3n) is 2.88. The number of nitrogens with one attached hydrogen (secondary N) is 1. The highest BCUT2D eigenvalue weighted by Gasteiger charge is 2.12. The average molecular weight is 264 g/mol. The van der Waals surface area contributed by atoms with E-state index >= 15 is 0 Å². The highest BCUT2D eigenvalue weighted by atomic mass is 16.5. The summed E-state index contributed by atoms with van der Waals surface area (Å²) in [6.07, 6.45) is 2.26. The van der Waals surface area contributed by atoms with Gasteiger partial charge in [0.15, 0.2) is 0 Å². The lowest BCUT2D eigenvalue weighted by molar-refractivity contribution is 0.0527. The fourth-order valence-corrected chi connectivity index (χ4v) is 1.84. The van der Waals surface area contributed by atoms with E-state index in [2.05, 4.69) is 19.2 Å². The number of anilines is 2. The molecule has 0 heterocycles. The van der Waals surface area contributed by atoms with E-state index in [1.807, 2.05) is 12.1 Å². The summed E-state index contributed by atoms with van der Waals surface area (Å²) >= 11 is 0. The molecule has 106 valence electrons. The van der Waals surface area contributed by atoms with Gasteiger partial charge < -0.3 is 15.8 Å². The van der Waals surface area contributed by atoms with Crippen LogP contribution in [0.25, 0.3) is 0 Å². The van der Waals surface area contributed by atoms with Gasteiger partial charge in [0.2, 0.25) is 0 Å². The summed E-state index contributed by atoms with van der Waals surface area (Å²) in [6, 6.07) is 5.38. The van der Waals surface area contributed by atoms with Crippen LogP contribution in [-0.2, 0) is 4.74 Å². The number of carbonyl (C=O) groups excluding carboxylic acids is 1. The van der Waals surface area contributed by atoms with E-state index in [4.69, 9.17) is 10.5 Å². The van der Waals surface area contributed by atoms with Gasteiger partial charge in [-0.05, 0) is 37.8 Å². The van der Waals surface area contributed by atoms with E-state index < -0.39 is 0 Å². The zero-order valence-electron chi connectivity index (χ0n) is 12.0. The van der Waals surface area contributed by atoms with Gasteiger partial charge in [-0.3, -0.25) is 0 Å². The maximum Gasteiger partial charge on any atom is 0.340 e. The molecule has 0 aromatic heterocycles. The molecule has 4 heteroatoms. The average Bonchev–Trinajstić information content (AvgIpc) is 2.36. The van der Waals surface area contributed by atoms with Gasteiger partial charge in [0.1, 0.15) is 0 Å². The summed E-state index contributed by atoms with van der Waals surface area (Å²) in [5.41, 5.74) is 7.68. The molecule has 0 atom stereocenters. The van der Waals surface area contributed by atoms with E-state index in [0.29, 0.717) is 23.8 Å². The Morgan fingerprint density at radius 3 is 2.79 bits per heavy atom. The topological polar surface area (TPSA) is 64.3 Å². The molecular formula is C15H24N2O2. The van der Waals surface area contributed by atoms with Crippen molar-refractivity contribution < 1.29 is 9.53 Å². The molecule has 0 aliphatic carbocycles. The number of para-hydroxylation sites is 1. The van der Waals surface area contributed by atoms with Gasteiger partial charge in [-0.1, -0.05) is 19.9 Å². The Hall–Kier alpha value is -1.71. The molecule has 4 nitrogen and oxygen atoms in total. The van der Waals surface area contributed by atoms with Crippen molar-refractivity contribution in [3.63, 3.8) is 0 Å². The summed E-state index contributed by atoms with van der Waals surface area (Å²) in [5.74, 6) is 0.329. The molecule has 0 spiro atoms. The van der Waals surface area contributed by atoms with Crippen LogP contribution < -0.4 is 11.1 Å². The van der Waals surface area contributed by atoms with Crippen molar-refractivity contribution in [3.05, 3.63) is 23.8 Å². The van der Waals surface area contributed by atoms with Crippen molar-refractivity contribution in [2.75, 3.05) is 24.2 Å². The largest absolute Gasteiger partial charge is 0.462 e. The van der Waals surface area contributed by atoms with Crippen LogP contribution in [0.15, 0.2) is 18.2 Å². The molecule has 0 bridgehead atoms. The molecule has 1 aromatic rings. The van der Waals surface area contributed by atoms with E-state index in [9.17, 15) is 4.79 Å². The summed E-state index contributed by atoms with van der Waals surface area (Å²) in [7, 11) is 0. The lowest BCUT2D eigenvalue weighted by Gasteiger charge is -2.12. The number of hydrogen-bond donors (Lipinski definition) is 2. The lowest BCUT2D eigenvalue weighted by atomic mass is 10.1. The standard InChI is InChI=1S/C15H24N2O2/c1-4-19-15(18)12-8-5-9-13(14(12)16)17-10-6-7-11(2)3/h5,8-9,11,17H,4,6-7,10,16H2,1-3H3. The molecule has 0 saturated carbocycles. The summed E-state index contributed by atoms with van der Waals surface area (Å²) < 4.78 is 4.97. The summed E-state index contributed by atoms with van der Waals surface area (Å²) in [6.45, 7) is 7.40. The fourth-order valence-electron chi connectivity index (χ4n) is 1.84. The molecule has 19 heavy (non-hydrogen) atoms. The second-order valence-corrected chi connectivity index (χ2v) is 4.95. The van der Waals surface area contributed by atoms with E-state index in [0.717, 1.165) is 18.7 Å². The predicted molar refractivity (Wildman–Crippen MR) is 79.4 cm³/mol. The Labute approximate surface area is 115 Å². The number of nitrogen functional groups attached to an aromatic ring is 1. The van der Waals surface area contributed by atoms with Crippen LogP contribution in [0.4, 0.5) is 11.4 Å². The predicted octanol–water partition coefficient (Wildman–Crippen LogP) is 3.29. The second kappa shape index (κ2) is 7.67. The minimum Gasteiger partial charge on any atom is -0.462 e. The molecule has 1 aromatic carbocycles. The maximum atomic E-state index is 11.7. The number of esters is 1. The van der Waals surface area contributed by atoms with Crippen LogP contribution in [0.2, 0.25) is 0 Å². The van der Waals surface area contributed by atoms with Gasteiger partial charge in [-0.15, -0.1) is 0 Å². The Morgan fingerprint density at radius 1 is 1.42 bits per heavy atom. The second-order valence-electron chi connectivity index (χ2n) is 4.95. The van der Waals surface area contributed by atoms with E-state index in [1.165, 1.54) is 6.42 Å². The molecule has 1 rings (SSSR count). The van der Waals surface area contributed by atoms with E-state index in [-0.39, 0.29) is 5.97 Å². The molecule has 0 aliphatic rings. The highest BCUT2D eigenvalue weighted by molar-refractivity contribution is 5.98. The smallest absolute Gasteiger partial charge is 0.340 e. The molecule has 0 fully saturated rings. The first-order chi connectivity index (χ1) is 9.06. The number of hydrogen-bond acceptors (Lipinski definition) is 4. The lowest BCUT2D eigenvalue weighted by Crippen LogP contribution is -2.11. The van der Waals surface area contributed by atoms with Crippen molar-refractivity contribution in [2.24, 2.45) is 5.92 Å². The molecule has 0 radical (unpaired) electrons. The fraction of sp³-hybridized carbons (Fsp3) is 0.533. The summed E-state index contributed by atoms with van der Waals surface area (Å²) in [4.78, 5) is 11.7. The minimum absolute atomic E-state index is 0.352. The van der Waals surface area contributed by atoms with Crippen molar-refractivity contribution in [1.29, 1.82) is 0 Å². The van der Waals surface area contributed by atoms with Crippen LogP contribution in [0.3, 0.4) is 0 Å². The van der Waals surface area contributed by atoms with Crippen molar-refractivity contribution in [2.45, 2.75) is 33.6 Å². The van der Waals surface area contributed by atoms with Crippen LogP contribution in [-0.4, -0.2) is 19.1 Å². The van der Waals surface area contributed by atoms with Crippen molar-refractivity contribution >= 4 is 17.3 Å². The number of ether oxygens (including phenoxy) is 1. The maximum absolute atomic E-state index is 11.7. The number of carbonyl (C=O) groups is 1. The van der Waals surface area contributed by atoms with Crippen LogP contribution in [0.5, 0.6) is 0 Å². The quantitative estimate of drug-likeness (QED) is 0.450. The normalized spacial score (nSPS) is 10.5. The molecule has 0 aliphatic heterocycles. The van der Waals surface area contributed by atoms with Crippen LogP contribution in [0.1, 0.15) is 44.0 Å². The molecule has 3 N–H and O–H groups in total. The summed E-state index contributed by atoms with van der Waals surface area (Å²) in [5, 5.41) is 3.27. The van der Waals surface area contributed by atoms with Crippen molar-refractivity contribution in [1.82, 2.24) is 0 Å². The number of benzene rings is 1. The Balaban J connectivity index is 2.64. The van der Waals surface area contributed by atoms with Gasteiger partial charge >= 0.3 is 5.97 Å². The SMILES string of the molecule is CCOC(=O)c1cccc(NCCCC(C)C)c1N. The molecule has 0 amide bonds. The van der Waals surface area contributed by atoms with Crippen LogP contribution >= 0.6 is 0 Å². The molecule has 0 saturated heterocycles.